The van der Waals surface area contributed by atoms with Gasteiger partial charge in [-0.2, -0.15) is 0 Å². The normalized spacial score (nSPS) is 23.7. The Morgan fingerprint density at radius 1 is 1.19 bits per heavy atom. The van der Waals surface area contributed by atoms with E-state index in [1.165, 1.54) is 6.07 Å². The fourth-order valence-electron chi connectivity index (χ4n) is 3.39. The van der Waals surface area contributed by atoms with E-state index in [4.69, 9.17) is 14.2 Å². The van der Waals surface area contributed by atoms with Crippen LogP contribution in [0.3, 0.4) is 0 Å². The average molecular weight is 368 g/mol. The summed E-state index contributed by atoms with van der Waals surface area (Å²) in [5.41, 5.74) is 0.957. The van der Waals surface area contributed by atoms with Crippen LogP contribution >= 0.6 is 0 Å². The summed E-state index contributed by atoms with van der Waals surface area (Å²) in [5, 5.41) is 10.4. The number of aryl methyl sites for hydroxylation is 1. The molecule has 2 aliphatic heterocycles. The molecule has 3 rings (SSSR count). The highest BCUT2D eigenvalue weighted by Crippen LogP contribution is 2.19. The maximum Gasteiger partial charge on any atom is 0.165 e. The highest BCUT2D eigenvalue weighted by Gasteiger charge is 2.24. The lowest BCUT2D eigenvalue weighted by Crippen LogP contribution is -2.50. The number of ether oxygens (including phenoxy) is 3. The molecule has 2 aliphatic rings. The number of morpholine rings is 2. The van der Waals surface area contributed by atoms with E-state index >= 15 is 0 Å². The number of hydrogen-bond acceptors (Lipinski definition) is 6. The molecule has 0 spiro atoms. The number of β-amino-alcohol motifs (C(OH)–C–C–N with tert-alkyl or cyclic N) is 1. The Balaban J connectivity index is 1.42. The second-order valence-electron chi connectivity index (χ2n) is 7.06. The predicted molar refractivity (Wildman–Crippen MR) is 96.1 cm³/mol. The van der Waals surface area contributed by atoms with Gasteiger partial charge in [0.2, 0.25) is 0 Å². The largest absolute Gasteiger partial charge is 0.488 e. The third-order valence-corrected chi connectivity index (χ3v) is 4.78. The minimum atomic E-state index is -0.401. The van der Waals surface area contributed by atoms with Crippen LogP contribution in [0, 0.1) is 12.7 Å². The zero-order valence-electron chi connectivity index (χ0n) is 15.4. The van der Waals surface area contributed by atoms with Gasteiger partial charge in [0, 0.05) is 39.3 Å². The van der Waals surface area contributed by atoms with E-state index < -0.39 is 6.10 Å². The predicted octanol–water partition coefficient (Wildman–Crippen LogP) is 0.907. The SMILES string of the molecule is Cc1ccc(F)c(OC[C@H]2CN(C[C@@H](O)CN3CCOCC3)CCO2)c1. The van der Waals surface area contributed by atoms with Crippen LogP contribution in [0.5, 0.6) is 5.75 Å². The molecule has 0 saturated carbocycles. The summed E-state index contributed by atoms with van der Waals surface area (Å²) in [6.45, 7) is 8.75. The molecule has 1 aromatic rings. The van der Waals surface area contributed by atoms with Crippen LogP contribution in [-0.4, -0.2) is 92.8 Å². The van der Waals surface area contributed by atoms with Crippen LogP contribution in [0.15, 0.2) is 18.2 Å². The molecule has 1 N–H and O–H groups in total. The van der Waals surface area contributed by atoms with Crippen molar-refractivity contribution in [3.8, 4) is 5.75 Å². The van der Waals surface area contributed by atoms with Gasteiger partial charge in [0.15, 0.2) is 11.6 Å². The molecule has 0 aromatic heterocycles. The van der Waals surface area contributed by atoms with Crippen molar-refractivity contribution < 1.29 is 23.7 Å². The van der Waals surface area contributed by atoms with E-state index in [1.807, 2.05) is 6.92 Å². The fourth-order valence-corrected chi connectivity index (χ4v) is 3.39. The molecule has 0 aliphatic carbocycles. The topological polar surface area (TPSA) is 54.4 Å². The van der Waals surface area contributed by atoms with Crippen molar-refractivity contribution in [2.75, 3.05) is 65.7 Å². The molecule has 0 amide bonds. The maximum absolute atomic E-state index is 13.8. The van der Waals surface area contributed by atoms with Crippen LogP contribution in [0.2, 0.25) is 0 Å². The Kier molecular flexibility index (Phi) is 7.22. The molecule has 26 heavy (non-hydrogen) atoms. The first-order chi connectivity index (χ1) is 12.6. The summed E-state index contributed by atoms with van der Waals surface area (Å²) in [5.74, 6) is -0.0951. The number of aliphatic hydroxyl groups is 1. The first-order valence-corrected chi connectivity index (χ1v) is 9.31. The standard InChI is InChI=1S/C19H29FN2O4/c1-15-2-3-18(20)19(10-15)26-14-17-13-22(6-9-25-17)12-16(23)11-21-4-7-24-8-5-21/h2-3,10,16-17,23H,4-9,11-14H2,1H3/t16-,17+/m0/s1. The zero-order chi connectivity index (χ0) is 18.4. The lowest BCUT2D eigenvalue weighted by atomic mass is 10.2. The van der Waals surface area contributed by atoms with E-state index in [2.05, 4.69) is 9.80 Å². The minimum absolute atomic E-state index is 0.126. The first-order valence-electron chi connectivity index (χ1n) is 9.31. The van der Waals surface area contributed by atoms with Crippen LogP contribution in [0.1, 0.15) is 5.56 Å². The average Bonchev–Trinajstić information content (AvgIpc) is 2.63. The molecule has 7 heteroatoms. The van der Waals surface area contributed by atoms with Gasteiger partial charge in [0.05, 0.1) is 25.9 Å². The number of halogens is 1. The highest BCUT2D eigenvalue weighted by atomic mass is 19.1. The van der Waals surface area contributed by atoms with Crippen molar-refractivity contribution >= 4 is 0 Å². The summed E-state index contributed by atoms with van der Waals surface area (Å²) < 4.78 is 30.5. The summed E-state index contributed by atoms with van der Waals surface area (Å²) >= 11 is 0. The van der Waals surface area contributed by atoms with Crippen molar-refractivity contribution in [2.24, 2.45) is 0 Å². The minimum Gasteiger partial charge on any atom is -0.488 e. The van der Waals surface area contributed by atoms with Gasteiger partial charge in [0.1, 0.15) is 12.7 Å². The van der Waals surface area contributed by atoms with Crippen molar-refractivity contribution in [2.45, 2.75) is 19.1 Å². The van der Waals surface area contributed by atoms with Gasteiger partial charge in [-0.1, -0.05) is 6.07 Å². The number of nitrogens with zero attached hydrogens (tertiary/aromatic N) is 2. The molecule has 2 atom stereocenters. The number of hydrogen-bond donors (Lipinski definition) is 1. The third kappa shape index (κ3) is 5.89. The number of aliphatic hydroxyl groups excluding tert-OH is 1. The van der Waals surface area contributed by atoms with Crippen molar-refractivity contribution in [3.05, 3.63) is 29.6 Å². The molecule has 2 heterocycles. The van der Waals surface area contributed by atoms with E-state index in [0.29, 0.717) is 32.8 Å². The quantitative estimate of drug-likeness (QED) is 0.772. The smallest absolute Gasteiger partial charge is 0.165 e. The van der Waals surface area contributed by atoms with Crippen LogP contribution in [0.25, 0.3) is 0 Å². The molecule has 146 valence electrons. The monoisotopic (exact) mass is 368 g/mol. The van der Waals surface area contributed by atoms with Crippen molar-refractivity contribution in [3.63, 3.8) is 0 Å². The second-order valence-corrected chi connectivity index (χ2v) is 7.06. The Hall–Kier alpha value is -1.25. The third-order valence-electron chi connectivity index (χ3n) is 4.78. The number of rotatable bonds is 7. The molecular weight excluding hydrogens is 339 g/mol. The van der Waals surface area contributed by atoms with Gasteiger partial charge in [-0.25, -0.2) is 4.39 Å². The number of benzene rings is 1. The lowest BCUT2D eigenvalue weighted by molar-refractivity contribution is -0.0619. The van der Waals surface area contributed by atoms with Gasteiger partial charge in [-0.05, 0) is 24.6 Å². The molecule has 6 nitrogen and oxygen atoms in total. The maximum atomic E-state index is 13.8. The van der Waals surface area contributed by atoms with Crippen LogP contribution in [0.4, 0.5) is 4.39 Å². The molecule has 2 fully saturated rings. The molecule has 0 radical (unpaired) electrons. The van der Waals surface area contributed by atoms with Crippen LogP contribution in [-0.2, 0) is 9.47 Å². The summed E-state index contributed by atoms with van der Waals surface area (Å²) in [6.07, 6.45) is -0.527. The second kappa shape index (κ2) is 9.62. The van der Waals surface area contributed by atoms with Crippen molar-refractivity contribution in [1.82, 2.24) is 9.80 Å². The first kappa shape index (κ1) is 19.5. The molecule has 0 unspecified atom stereocenters. The van der Waals surface area contributed by atoms with E-state index in [1.54, 1.807) is 12.1 Å². The van der Waals surface area contributed by atoms with Gasteiger partial charge < -0.3 is 19.3 Å². The Bertz CT molecular complexity index is 568. The Morgan fingerprint density at radius 3 is 2.73 bits per heavy atom. The van der Waals surface area contributed by atoms with Gasteiger partial charge in [0.25, 0.3) is 0 Å². The molecular formula is C19H29FN2O4. The summed E-state index contributed by atoms with van der Waals surface area (Å²) in [4.78, 5) is 4.42. The lowest BCUT2D eigenvalue weighted by Gasteiger charge is -2.35. The van der Waals surface area contributed by atoms with Gasteiger partial charge in [-0.3, -0.25) is 9.80 Å². The van der Waals surface area contributed by atoms with Crippen molar-refractivity contribution in [1.29, 1.82) is 0 Å². The molecule has 0 bridgehead atoms. The fraction of sp³-hybridized carbons (Fsp3) is 0.684. The van der Waals surface area contributed by atoms with Gasteiger partial charge in [-0.15, -0.1) is 0 Å². The summed E-state index contributed by atoms with van der Waals surface area (Å²) in [7, 11) is 0. The van der Waals surface area contributed by atoms with Gasteiger partial charge >= 0.3 is 0 Å². The summed E-state index contributed by atoms with van der Waals surface area (Å²) in [6, 6.07) is 4.83. The zero-order valence-corrected chi connectivity index (χ0v) is 15.4. The van der Waals surface area contributed by atoms with E-state index in [-0.39, 0.29) is 17.7 Å². The highest BCUT2D eigenvalue weighted by molar-refractivity contribution is 5.29. The van der Waals surface area contributed by atoms with Crippen LogP contribution < -0.4 is 4.74 Å². The molecule has 2 saturated heterocycles. The molecule has 1 aromatic carbocycles. The van der Waals surface area contributed by atoms with E-state index in [9.17, 15) is 9.50 Å². The Labute approximate surface area is 154 Å². The Morgan fingerprint density at radius 2 is 1.92 bits per heavy atom. The van der Waals surface area contributed by atoms with E-state index in [0.717, 1.165) is 38.4 Å².